The Morgan fingerprint density at radius 2 is 2.00 bits per heavy atom. The van der Waals surface area contributed by atoms with Gasteiger partial charge < -0.3 is 9.73 Å². The van der Waals surface area contributed by atoms with Gasteiger partial charge >= 0.3 is 0 Å². The number of aryl methyl sites for hydroxylation is 1. The van der Waals surface area contributed by atoms with E-state index in [9.17, 15) is 13.6 Å². The molecule has 0 saturated heterocycles. The number of nitrogens with one attached hydrogen (secondary N) is 1. The first kappa shape index (κ1) is 17.3. The molecule has 0 bridgehead atoms. The summed E-state index contributed by atoms with van der Waals surface area (Å²) in [6, 6.07) is 11.5. The summed E-state index contributed by atoms with van der Waals surface area (Å²) >= 11 is 1.01. The molecule has 2 heterocycles. The second-order valence-corrected chi connectivity index (χ2v) is 6.82. The monoisotopic (exact) mass is 385 g/mol. The summed E-state index contributed by atoms with van der Waals surface area (Å²) in [6.45, 7) is 0. The number of rotatable bonds is 5. The van der Waals surface area contributed by atoms with Crippen molar-refractivity contribution < 1.29 is 18.0 Å². The maximum atomic E-state index is 13.7. The zero-order valence-corrected chi connectivity index (χ0v) is 14.7. The van der Waals surface area contributed by atoms with Crippen molar-refractivity contribution >= 4 is 32.6 Å². The Kier molecular flexibility index (Phi) is 4.64. The van der Waals surface area contributed by atoms with Crippen LogP contribution in [0, 0.1) is 11.6 Å². The summed E-state index contributed by atoms with van der Waals surface area (Å²) in [5, 5.41) is 2.82. The van der Waals surface area contributed by atoms with Crippen LogP contribution in [-0.2, 0) is 11.2 Å². The number of benzene rings is 2. The molecule has 4 aromatic rings. The van der Waals surface area contributed by atoms with Crippen molar-refractivity contribution in [1.82, 2.24) is 9.97 Å². The van der Waals surface area contributed by atoms with Crippen LogP contribution in [0.1, 0.15) is 12.3 Å². The number of carbonyl (C=O) groups excluding carboxylic acids is 1. The number of hydrogen-bond acceptors (Lipinski definition) is 5. The second kappa shape index (κ2) is 7.24. The van der Waals surface area contributed by atoms with Crippen LogP contribution < -0.4 is 5.32 Å². The molecule has 4 rings (SSSR count). The quantitative estimate of drug-likeness (QED) is 0.536. The van der Waals surface area contributed by atoms with Gasteiger partial charge in [-0.2, -0.15) is 0 Å². The van der Waals surface area contributed by atoms with Gasteiger partial charge in [0, 0.05) is 24.5 Å². The largest absolute Gasteiger partial charge is 0.441 e. The summed E-state index contributed by atoms with van der Waals surface area (Å²) in [5.41, 5.74) is 0.946. The third kappa shape index (κ3) is 3.85. The van der Waals surface area contributed by atoms with Gasteiger partial charge in [-0.05, 0) is 6.07 Å². The maximum absolute atomic E-state index is 13.7. The van der Waals surface area contributed by atoms with Gasteiger partial charge in [-0.3, -0.25) is 4.79 Å². The lowest BCUT2D eigenvalue weighted by atomic mass is 10.2. The van der Waals surface area contributed by atoms with E-state index in [0.717, 1.165) is 23.0 Å². The van der Waals surface area contributed by atoms with E-state index in [4.69, 9.17) is 4.42 Å². The van der Waals surface area contributed by atoms with E-state index in [1.165, 1.54) is 6.07 Å². The molecule has 1 N–H and O–H groups in total. The first-order valence-corrected chi connectivity index (χ1v) is 8.96. The van der Waals surface area contributed by atoms with E-state index in [0.29, 0.717) is 22.8 Å². The van der Waals surface area contributed by atoms with Gasteiger partial charge in [-0.1, -0.05) is 41.7 Å². The predicted octanol–water partition coefficient (Wildman–Crippen LogP) is 4.80. The van der Waals surface area contributed by atoms with E-state index >= 15 is 0 Å². The molecule has 2 aromatic carbocycles. The number of oxazole rings is 1. The van der Waals surface area contributed by atoms with Crippen molar-refractivity contribution in [3.8, 4) is 11.3 Å². The summed E-state index contributed by atoms with van der Waals surface area (Å²) in [5.74, 6) is -0.667. The van der Waals surface area contributed by atoms with Crippen molar-refractivity contribution in [2.24, 2.45) is 0 Å². The summed E-state index contributed by atoms with van der Waals surface area (Å²) < 4.78 is 32.9. The lowest BCUT2D eigenvalue weighted by molar-refractivity contribution is -0.116. The van der Waals surface area contributed by atoms with Crippen LogP contribution in [0.15, 0.2) is 53.1 Å². The smallest absolute Gasteiger partial charge is 0.226 e. The summed E-state index contributed by atoms with van der Waals surface area (Å²) in [7, 11) is 0. The minimum Gasteiger partial charge on any atom is -0.441 e. The van der Waals surface area contributed by atoms with Crippen molar-refractivity contribution in [3.05, 3.63) is 66.2 Å². The Morgan fingerprint density at radius 1 is 1.19 bits per heavy atom. The fraction of sp³-hybridized carbons (Fsp3) is 0.105. The van der Waals surface area contributed by atoms with E-state index in [2.05, 4.69) is 15.3 Å². The number of nitrogens with zero attached hydrogens (tertiary/aromatic N) is 2. The molecule has 0 saturated carbocycles. The molecule has 5 nitrogen and oxygen atoms in total. The molecular formula is C19H13F2N3O2S. The van der Waals surface area contributed by atoms with Gasteiger partial charge in [-0.25, -0.2) is 18.7 Å². The average Bonchev–Trinajstić information content (AvgIpc) is 3.27. The molecule has 0 spiro atoms. The van der Waals surface area contributed by atoms with Crippen molar-refractivity contribution in [2.75, 3.05) is 5.32 Å². The SMILES string of the molecule is O=C(CCc1ncc(-c2ccccc2)o1)Nc1nc2c(F)cc(F)cc2s1. The standard InChI is InChI=1S/C19H13F2N3O2S/c20-12-8-13(21)18-15(9-12)27-19(24-18)23-16(25)6-7-17-22-10-14(26-17)11-4-2-1-3-5-11/h1-5,8-10H,6-7H2,(H,23,24,25). The first-order chi connectivity index (χ1) is 13.1. The minimum atomic E-state index is -0.755. The van der Waals surface area contributed by atoms with E-state index in [1.807, 2.05) is 30.3 Å². The van der Waals surface area contributed by atoms with Gasteiger partial charge in [-0.15, -0.1) is 0 Å². The minimum absolute atomic E-state index is 0.0388. The first-order valence-electron chi connectivity index (χ1n) is 8.14. The highest BCUT2D eigenvalue weighted by Gasteiger charge is 2.14. The van der Waals surface area contributed by atoms with Gasteiger partial charge in [0.25, 0.3) is 0 Å². The molecular weight excluding hydrogens is 372 g/mol. The summed E-state index contributed by atoms with van der Waals surface area (Å²) in [6.07, 6.45) is 2.06. The van der Waals surface area contributed by atoms with E-state index in [1.54, 1.807) is 6.20 Å². The number of anilines is 1. The number of thiazole rings is 1. The Hall–Kier alpha value is -3.13. The molecule has 0 unspecified atom stereocenters. The normalized spacial score (nSPS) is 11.0. The zero-order valence-electron chi connectivity index (χ0n) is 13.9. The van der Waals surface area contributed by atoms with Crippen LogP contribution >= 0.6 is 11.3 Å². The highest BCUT2D eigenvalue weighted by molar-refractivity contribution is 7.22. The van der Waals surface area contributed by atoms with Crippen molar-refractivity contribution in [3.63, 3.8) is 0 Å². The van der Waals surface area contributed by atoms with Gasteiger partial charge in [0.15, 0.2) is 22.6 Å². The van der Waals surface area contributed by atoms with Crippen LogP contribution in [0.2, 0.25) is 0 Å². The summed E-state index contributed by atoms with van der Waals surface area (Å²) in [4.78, 5) is 20.3. The van der Waals surface area contributed by atoms with Gasteiger partial charge in [0.05, 0.1) is 10.9 Å². The maximum Gasteiger partial charge on any atom is 0.226 e. The van der Waals surface area contributed by atoms with E-state index < -0.39 is 11.6 Å². The molecule has 0 fully saturated rings. The third-order valence-corrected chi connectivity index (χ3v) is 4.76. The highest BCUT2D eigenvalue weighted by Crippen LogP contribution is 2.28. The number of fused-ring (bicyclic) bond motifs is 1. The Balaban J connectivity index is 1.39. The highest BCUT2D eigenvalue weighted by atomic mass is 32.1. The van der Waals surface area contributed by atoms with Crippen LogP contribution in [0.25, 0.3) is 21.5 Å². The second-order valence-electron chi connectivity index (χ2n) is 5.79. The molecule has 0 radical (unpaired) electrons. The molecule has 0 atom stereocenters. The zero-order chi connectivity index (χ0) is 18.8. The number of halogens is 2. The predicted molar refractivity (Wildman–Crippen MR) is 98.4 cm³/mol. The number of carbonyl (C=O) groups is 1. The van der Waals surface area contributed by atoms with Crippen LogP contribution in [0.4, 0.5) is 13.9 Å². The Morgan fingerprint density at radius 3 is 2.81 bits per heavy atom. The Bertz CT molecular complexity index is 1110. The Labute approximate surface area is 156 Å². The molecule has 27 heavy (non-hydrogen) atoms. The van der Waals surface area contributed by atoms with E-state index in [-0.39, 0.29) is 23.0 Å². The van der Waals surface area contributed by atoms with Crippen LogP contribution in [0.3, 0.4) is 0 Å². The van der Waals surface area contributed by atoms with Crippen molar-refractivity contribution in [2.45, 2.75) is 12.8 Å². The average molecular weight is 385 g/mol. The molecule has 0 aliphatic heterocycles. The molecule has 136 valence electrons. The molecule has 2 aromatic heterocycles. The lowest BCUT2D eigenvalue weighted by Gasteiger charge is -1.99. The van der Waals surface area contributed by atoms with Crippen LogP contribution in [-0.4, -0.2) is 15.9 Å². The number of aromatic nitrogens is 2. The fourth-order valence-corrected chi connectivity index (χ4v) is 3.50. The molecule has 8 heteroatoms. The van der Waals surface area contributed by atoms with Gasteiger partial charge in [0.2, 0.25) is 5.91 Å². The molecule has 0 aliphatic carbocycles. The fourth-order valence-electron chi connectivity index (χ4n) is 2.57. The topological polar surface area (TPSA) is 68.0 Å². The molecule has 0 aliphatic rings. The van der Waals surface area contributed by atoms with Crippen molar-refractivity contribution in [1.29, 1.82) is 0 Å². The lowest BCUT2D eigenvalue weighted by Crippen LogP contribution is -2.12. The van der Waals surface area contributed by atoms with Gasteiger partial charge in [0.1, 0.15) is 11.3 Å². The number of amides is 1. The van der Waals surface area contributed by atoms with Crippen LogP contribution in [0.5, 0.6) is 0 Å². The number of hydrogen-bond donors (Lipinski definition) is 1. The third-order valence-electron chi connectivity index (χ3n) is 3.84. The molecule has 1 amide bonds.